The summed E-state index contributed by atoms with van der Waals surface area (Å²) >= 11 is 0. The zero-order chi connectivity index (χ0) is 20.5. The van der Waals surface area contributed by atoms with Gasteiger partial charge in [0.2, 0.25) is 0 Å². The van der Waals surface area contributed by atoms with Gasteiger partial charge in [-0.2, -0.15) is 13.2 Å². The molecule has 2 heterocycles. The number of nitro groups is 1. The minimum Gasteiger partial charge on any atom is -0.362 e. The third-order valence-corrected chi connectivity index (χ3v) is 4.51. The number of aryl methyl sites for hydroxylation is 1. The Morgan fingerprint density at radius 1 is 1.14 bits per heavy atom. The molecule has 2 aromatic rings. The first-order valence-electron chi connectivity index (χ1n) is 8.50. The number of carbonyl (C=O) groups excluding carboxylic acids is 1. The maximum atomic E-state index is 12.8. The Morgan fingerprint density at radius 3 is 2.39 bits per heavy atom. The van der Waals surface area contributed by atoms with E-state index in [1.54, 1.807) is 34.9 Å². The van der Waals surface area contributed by atoms with E-state index in [4.69, 9.17) is 0 Å². The highest BCUT2D eigenvalue weighted by Crippen LogP contribution is 2.36. The zero-order valence-corrected chi connectivity index (χ0v) is 14.9. The Hall–Kier alpha value is -3.17. The second-order valence-electron chi connectivity index (χ2n) is 6.40. The van der Waals surface area contributed by atoms with E-state index in [-0.39, 0.29) is 37.8 Å². The SMILES string of the molecule is Cc1cccc(C(=O)N2CCN(c3ccc(C(F)(F)F)cc3[N+](=O)[O-])CC2)n1. The number of alkyl halides is 3. The van der Waals surface area contributed by atoms with Crippen LogP contribution in [0.4, 0.5) is 24.5 Å². The molecule has 0 atom stereocenters. The van der Waals surface area contributed by atoms with Crippen LogP contribution < -0.4 is 4.90 Å². The minimum atomic E-state index is -4.66. The van der Waals surface area contributed by atoms with Crippen molar-refractivity contribution >= 4 is 17.3 Å². The van der Waals surface area contributed by atoms with Crippen LogP contribution in [-0.2, 0) is 6.18 Å². The molecule has 0 saturated carbocycles. The van der Waals surface area contributed by atoms with Crippen molar-refractivity contribution in [2.45, 2.75) is 13.1 Å². The summed E-state index contributed by atoms with van der Waals surface area (Å²) in [5.74, 6) is -0.245. The summed E-state index contributed by atoms with van der Waals surface area (Å²) in [6.07, 6.45) is -4.66. The fourth-order valence-corrected chi connectivity index (χ4v) is 3.09. The predicted molar refractivity (Wildman–Crippen MR) is 95.2 cm³/mol. The highest BCUT2D eigenvalue weighted by atomic mass is 19.4. The van der Waals surface area contributed by atoms with Crippen molar-refractivity contribution in [3.63, 3.8) is 0 Å². The van der Waals surface area contributed by atoms with Crippen molar-refractivity contribution in [1.29, 1.82) is 0 Å². The highest BCUT2D eigenvalue weighted by molar-refractivity contribution is 5.92. The number of benzene rings is 1. The molecule has 10 heteroatoms. The van der Waals surface area contributed by atoms with Crippen molar-refractivity contribution in [2.75, 3.05) is 31.1 Å². The maximum Gasteiger partial charge on any atom is 0.416 e. The molecule has 148 valence electrons. The number of amides is 1. The molecule has 1 fully saturated rings. The largest absolute Gasteiger partial charge is 0.416 e. The molecule has 0 bridgehead atoms. The second kappa shape index (κ2) is 7.45. The Balaban J connectivity index is 1.76. The maximum absolute atomic E-state index is 12.8. The number of pyridine rings is 1. The van der Waals surface area contributed by atoms with Crippen LogP contribution in [0.15, 0.2) is 36.4 Å². The molecule has 7 nitrogen and oxygen atoms in total. The molecule has 1 aromatic heterocycles. The highest BCUT2D eigenvalue weighted by Gasteiger charge is 2.34. The van der Waals surface area contributed by atoms with Gasteiger partial charge < -0.3 is 9.80 Å². The predicted octanol–water partition coefficient (Wildman–Crippen LogP) is 3.28. The van der Waals surface area contributed by atoms with Gasteiger partial charge in [-0.1, -0.05) is 6.07 Å². The summed E-state index contributed by atoms with van der Waals surface area (Å²) in [6.45, 7) is 2.88. The van der Waals surface area contributed by atoms with E-state index < -0.39 is 22.4 Å². The Labute approximate surface area is 158 Å². The molecule has 1 saturated heterocycles. The van der Waals surface area contributed by atoms with E-state index in [1.165, 1.54) is 0 Å². The van der Waals surface area contributed by atoms with Gasteiger partial charge in [0.15, 0.2) is 0 Å². The minimum absolute atomic E-state index is 0.110. The molecule has 1 aromatic carbocycles. The lowest BCUT2D eigenvalue weighted by Crippen LogP contribution is -2.49. The Kier molecular flexibility index (Phi) is 5.21. The van der Waals surface area contributed by atoms with E-state index in [9.17, 15) is 28.1 Å². The number of rotatable bonds is 3. The number of anilines is 1. The molecule has 0 unspecified atom stereocenters. The normalized spacial score (nSPS) is 14.9. The monoisotopic (exact) mass is 394 g/mol. The van der Waals surface area contributed by atoms with Crippen molar-refractivity contribution in [1.82, 2.24) is 9.88 Å². The molecule has 28 heavy (non-hydrogen) atoms. The zero-order valence-electron chi connectivity index (χ0n) is 14.9. The van der Waals surface area contributed by atoms with E-state index in [0.29, 0.717) is 17.5 Å². The summed E-state index contributed by atoms with van der Waals surface area (Å²) < 4.78 is 38.5. The summed E-state index contributed by atoms with van der Waals surface area (Å²) in [4.78, 5) is 30.4. The molecule has 1 aliphatic rings. The number of carbonyl (C=O) groups is 1. The number of hydrogen-bond acceptors (Lipinski definition) is 5. The summed E-state index contributed by atoms with van der Waals surface area (Å²) in [5, 5.41) is 11.3. The van der Waals surface area contributed by atoms with Crippen LogP contribution in [0.3, 0.4) is 0 Å². The third kappa shape index (κ3) is 4.05. The fourth-order valence-electron chi connectivity index (χ4n) is 3.09. The third-order valence-electron chi connectivity index (χ3n) is 4.51. The van der Waals surface area contributed by atoms with Crippen LogP contribution >= 0.6 is 0 Å². The van der Waals surface area contributed by atoms with Gasteiger partial charge in [0.25, 0.3) is 11.6 Å². The lowest BCUT2D eigenvalue weighted by atomic mass is 10.1. The molecule has 0 radical (unpaired) electrons. The van der Waals surface area contributed by atoms with Gasteiger partial charge in [-0.25, -0.2) is 4.98 Å². The average molecular weight is 394 g/mol. The smallest absolute Gasteiger partial charge is 0.362 e. The average Bonchev–Trinajstić information content (AvgIpc) is 2.66. The molecule has 0 aliphatic carbocycles. The van der Waals surface area contributed by atoms with Gasteiger partial charge in [-0.3, -0.25) is 14.9 Å². The van der Waals surface area contributed by atoms with Crippen LogP contribution in [0.25, 0.3) is 0 Å². The molecular formula is C18H17F3N4O3. The number of hydrogen-bond donors (Lipinski definition) is 0. The first-order valence-corrected chi connectivity index (χ1v) is 8.50. The van der Waals surface area contributed by atoms with E-state index >= 15 is 0 Å². The summed E-state index contributed by atoms with van der Waals surface area (Å²) in [5.41, 5.74) is -0.533. The molecule has 0 N–H and O–H groups in total. The number of nitro benzene ring substituents is 1. The first-order chi connectivity index (χ1) is 13.2. The van der Waals surface area contributed by atoms with Crippen LogP contribution in [0, 0.1) is 17.0 Å². The first kappa shape index (κ1) is 19.6. The second-order valence-corrected chi connectivity index (χ2v) is 6.40. The van der Waals surface area contributed by atoms with Crippen molar-refractivity contribution in [2.24, 2.45) is 0 Å². The molecule has 1 aliphatic heterocycles. The van der Waals surface area contributed by atoms with Crippen molar-refractivity contribution in [3.8, 4) is 0 Å². The van der Waals surface area contributed by atoms with Crippen LogP contribution in [-0.4, -0.2) is 46.9 Å². The van der Waals surface area contributed by atoms with Gasteiger partial charge in [0, 0.05) is 37.9 Å². The Bertz CT molecular complexity index is 909. The van der Waals surface area contributed by atoms with Gasteiger partial charge in [0.1, 0.15) is 11.4 Å². The van der Waals surface area contributed by atoms with Crippen LogP contribution in [0.2, 0.25) is 0 Å². The quantitative estimate of drug-likeness (QED) is 0.590. The van der Waals surface area contributed by atoms with E-state index in [1.807, 2.05) is 0 Å². The van der Waals surface area contributed by atoms with Crippen LogP contribution in [0.5, 0.6) is 0 Å². The number of piperazine rings is 1. The van der Waals surface area contributed by atoms with Gasteiger partial charge in [-0.05, 0) is 31.2 Å². The van der Waals surface area contributed by atoms with Crippen LogP contribution in [0.1, 0.15) is 21.7 Å². The van der Waals surface area contributed by atoms with Gasteiger partial charge in [0.05, 0.1) is 10.5 Å². The molecule has 1 amide bonds. The number of aromatic nitrogens is 1. The lowest BCUT2D eigenvalue weighted by Gasteiger charge is -2.35. The van der Waals surface area contributed by atoms with Gasteiger partial charge in [-0.15, -0.1) is 0 Å². The fraction of sp³-hybridized carbons (Fsp3) is 0.333. The summed E-state index contributed by atoms with van der Waals surface area (Å²) in [7, 11) is 0. The summed E-state index contributed by atoms with van der Waals surface area (Å²) in [6, 6.07) is 7.61. The molecular weight excluding hydrogens is 377 g/mol. The lowest BCUT2D eigenvalue weighted by molar-refractivity contribution is -0.384. The van der Waals surface area contributed by atoms with E-state index in [2.05, 4.69) is 4.98 Å². The molecule has 3 rings (SSSR count). The topological polar surface area (TPSA) is 79.6 Å². The molecule has 0 spiro atoms. The van der Waals surface area contributed by atoms with Gasteiger partial charge >= 0.3 is 6.18 Å². The number of halogens is 3. The number of nitrogens with zero attached hydrogens (tertiary/aromatic N) is 4. The standard InChI is InChI=1S/C18H17F3N4O3/c1-12-3-2-4-14(22-12)17(26)24-9-7-23(8-10-24)15-6-5-13(18(19,20)21)11-16(15)25(27)28/h2-6,11H,7-10H2,1H3. The Morgan fingerprint density at radius 2 is 1.82 bits per heavy atom. The van der Waals surface area contributed by atoms with E-state index in [0.717, 1.165) is 12.1 Å². The van der Waals surface area contributed by atoms with Crippen molar-refractivity contribution in [3.05, 3.63) is 63.5 Å². The van der Waals surface area contributed by atoms with Crippen molar-refractivity contribution < 1.29 is 22.9 Å².